The van der Waals surface area contributed by atoms with Gasteiger partial charge in [-0.25, -0.2) is 4.98 Å². The highest BCUT2D eigenvalue weighted by molar-refractivity contribution is 7.84. The molecule has 1 N–H and O–H groups in total. The van der Waals surface area contributed by atoms with Crippen molar-refractivity contribution in [3.63, 3.8) is 0 Å². The van der Waals surface area contributed by atoms with Crippen LogP contribution in [0.4, 0.5) is 0 Å². The van der Waals surface area contributed by atoms with E-state index in [1.165, 1.54) is 0 Å². The summed E-state index contributed by atoms with van der Waals surface area (Å²) in [5.41, 5.74) is 1.82. The zero-order valence-electron chi connectivity index (χ0n) is 11.3. The number of benzene rings is 1. The summed E-state index contributed by atoms with van der Waals surface area (Å²) in [6.07, 6.45) is 0. The Morgan fingerprint density at radius 2 is 1.76 bits per heavy atom. The Hall–Kier alpha value is -1.16. The Morgan fingerprint density at radius 1 is 1.18 bits per heavy atom. The lowest BCUT2D eigenvalue weighted by Crippen LogP contribution is -1.95. The maximum absolute atomic E-state index is 11.4. The Kier molecular flexibility index (Phi) is 8.32. The second-order valence-electron chi connectivity index (χ2n) is 2.69. The molecule has 0 aliphatic rings. The standard InChI is InChI=1S/C9H10N2OS.2C2H6/c1-2-13(12)9-10-7-5-3-4-6-8(7)11-9;2*1-2/h3-6H,2H2,1H3,(H,10,11);2*1-2H3. The minimum Gasteiger partial charge on any atom is -0.331 e. The Labute approximate surface area is 106 Å². The van der Waals surface area contributed by atoms with Crippen LogP contribution in [0.25, 0.3) is 11.0 Å². The second kappa shape index (κ2) is 8.93. The fraction of sp³-hybridized carbons (Fsp3) is 0.462. The quantitative estimate of drug-likeness (QED) is 0.887. The minimum atomic E-state index is -0.990. The second-order valence-corrected chi connectivity index (χ2v) is 4.35. The predicted octanol–water partition coefficient (Wildman–Crippen LogP) is 3.74. The first-order valence-electron chi connectivity index (χ1n) is 6.14. The van der Waals surface area contributed by atoms with Crippen LogP contribution in [0, 0.1) is 0 Å². The topological polar surface area (TPSA) is 45.8 Å². The van der Waals surface area contributed by atoms with Crippen LogP contribution in [0.5, 0.6) is 0 Å². The number of rotatable bonds is 2. The maximum atomic E-state index is 11.4. The lowest BCUT2D eigenvalue weighted by atomic mass is 10.3. The third-order valence-corrected chi connectivity index (χ3v) is 2.99. The molecule has 96 valence electrons. The Morgan fingerprint density at radius 3 is 2.29 bits per heavy atom. The van der Waals surface area contributed by atoms with Gasteiger partial charge in [-0.15, -0.1) is 0 Å². The van der Waals surface area contributed by atoms with Crippen molar-refractivity contribution in [1.29, 1.82) is 0 Å². The van der Waals surface area contributed by atoms with Gasteiger partial charge in [-0.3, -0.25) is 4.21 Å². The molecule has 0 aliphatic carbocycles. The Bertz CT molecular complexity index is 418. The van der Waals surface area contributed by atoms with E-state index >= 15 is 0 Å². The number of nitrogens with zero attached hydrogens (tertiary/aromatic N) is 1. The highest BCUT2D eigenvalue weighted by Gasteiger charge is 2.06. The minimum absolute atomic E-state index is 0.573. The van der Waals surface area contributed by atoms with Crippen molar-refractivity contribution in [2.24, 2.45) is 0 Å². The van der Waals surface area contributed by atoms with E-state index in [1.54, 1.807) is 0 Å². The van der Waals surface area contributed by atoms with E-state index in [9.17, 15) is 4.21 Å². The van der Waals surface area contributed by atoms with Crippen LogP contribution in [0.15, 0.2) is 29.4 Å². The van der Waals surface area contributed by atoms with Gasteiger partial charge < -0.3 is 4.98 Å². The highest BCUT2D eigenvalue weighted by Crippen LogP contribution is 2.12. The Balaban J connectivity index is 0.000000581. The highest BCUT2D eigenvalue weighted by atomic mass is 32.2. The number of aromatic amines is 1. The van der Waals surface area contributed by atoms with Crippen molar-refractivity contribution < 1.29 is 4.21 Å². The van der Waals surface area contributed by atoms with Crippen LogP contribution in [0.2, 0.25) is 0 Å². The first kappa shape index (κ1) is 15.8. The van der Waals surface area contributed by atoms with E-state index in [4.69, 9.17) is 0 Å². The molecule has 0 spiro atoms. The monoisotopic (exact) mass is 254 g/mol. The molecule has 2 rings (SSSR count). The van der Waals surface area contributed by atoms with Gasteiger partial charge in [-0.05, 0) is 12.1 Å². The molecule has 1 heterocycles. The summed E-state index contributed by atoms with van der Waals surface area (Å²) in [5.74, 6) is 0.597. The van der Waals surface area contributed by atoms with Gasteiger partial charge in [0.05, 0.1) is 21.8 Å². The smallest absolute Gasteiger partial charge is 0.197 e. The SMILES string of the molecule is CC.CC.CCS(=O)c1nc2ccccc2[nH]1. The van der Waals surface area contributed by atoms with E-state index < -0.39 is 10.8 Å². The summed E-state index contributed by atoms with van der Waals surface area (Å²) in [7, 11) is -0.990. The molecule has 0 fully saturated rings. The van der Waals surface area contributed by atoms with Gasteiger partial charge in [0.1, 0.15) is 0 Å². The molecule has 0 radical (unpaired) electrons. The van der Waals surface area contributed by atoms with E-state index in [2.05, 4.69) is 9.97 Å². The average Bonchev–Trinajstić information content (AvgIpc) is 2.86. The third-order valence-electron chi connectivity index (χ3n) is 1.85. The van der Waals surface area contributed by atoms with Gasteiger partial charge in [0, 0.05) is 5.75 Å². The summed E-state index contributed by atoms with van der Waals surface area (Å²) in [4.78, 5) is 7.26. The molecule has 0 bridgehead atoms. The van der Waals surface area contributed by atoms with Gasteiger partial charge in [0.15, 0.2) is 5.16 Å². The van der Waals surface area contributed by atoms with Gasteiger partial charge in [-0.1, -0.05) is 46.8 Å². The van der Waals surface area contributed by atoms with Crippen LogP contribution >= 0.6 is 0 Å². The number of para-hydroxylation sites is 2. The summed E-state index contributed by atoms with van der Waals surface area (Å²) in [6.45, 7) is 9.88. The van der Waals surface area contributed by atoms with E-state index in [0.717, 1.165) is 11.0 Å². The maximum Gasteiger partial charge on any atom is 0.197 e. The summed E-state index contributed by atoms with van der Waals surface area (Å²) >= 11 is 0. The molecule has 1 atom stereocenters. The molecular weight excluding hydrogens is 232 g/mol. The summed E-state index contributed by atoms with van der Waals surface area (Å²) < 4.78 is 11.4. The fourth-order valence-corrected chi connectivity index (χ4v) is 1.87. The lowest BCUT2D eigenvalue weighted by Gasteiger charge is -1.88. The number of aromatic nitrogens is 2. The number of nitrogens with one attached hydrogen (secondary N) is 1. The third kappa shape index (κ3) is 4.30. The van der Waals surface area contributed by atoms with Crippen LogP contribution in [0.3, 0.4) is 0 Å². The van der Waals surface area contributed by atoms with Crippen molar-refractivity contribution in [1.82, 2.24) is 9.97 Å². The van der Waals surface area contributed by atoms with Crippen LogP contribution in [-0.2, 0) is 10.8 Å². The number of hydrogen-bond donors (Lipinski definition) is 1. The van der Waals surface area contributed by atoms with Crippen LogP contribution in [-0.4, -0.2) is 19.9 Å². The molecule has 4 heteroatoms. The summed E-state index contributed by atoms with van der Waals surface area (Å²) in [6, 6.07) is 7.68. The van der Waals surface area contributed by atoms with Crippen LogP contribution < -0.4 is 0 Å². The molecule has 3 nitrogen and oxygen atoms in total. The van der Waals surface area contributed by atoms with Crippen molar-refractivity contribution in [3.8, 4) is 0 Å². The van der Waals surface area contributed by atoms with Gasteiger partial charge in [0.25, 0.3) is 0 Å². The molecule has 1 aromatic carbocycles. The normalized spacial score (nSPS) is 10.9. The van der Waals surface area contributed by atoms with E-state index in [0.29, 0.717) is 10.9 Å². The summed E-state index contributed by atoms with van der Waals surface area (Å²) in [5, 5.41) is 0.573. The first-order chi connectivity index (χ1) is 8.31. The van der Waals surface area contributed by atoms with Gasteiger partial charge >= 0.3 is 0 Å². The van der Waals surface area contributed by atoms with Crippen molar-refractivity contribution in [2.75, 3.05) is 5.75 Å². The molecule has 2 aromatic rings. The lowest BCUT2D eigenvalue weighted by molar-refractivity contribution is 0.679. The van der Waals surface area contributed by atoms with Crippen molar-refractivity contribution in [2.45, 2.75) is 39.8 Å². The molecular formula is C13H22N2OS. The largest absolute Gasteiger partial charge is 0.331 e. The molecule has 17 heavy (non-hydrogen) atoms. The molecule has 0 saturated carbocycles. The number of hydrogen-bond acceptors (Lipinski definition) is 2. The van der Waals surface area contributed by atoms with Gasteiger partial charge in [-0.2, -0.15) is 0 Å². The fourth-order valence-electron chi connectivity index (χ4n) is 1.17. The van der Waals surface area contributed by atoms with Crippen molar-refractivity contribution in [3.05, 3.63) is 24.3 Å². The number of imidazole rings is 1. The van der Waals surface area contributed by atoms with E-state index in [1.807, 2.05) is 58.9 Å². The molecule has 1 unspecified atom stereocenters. The molecule has 1 aromatic heterocycles. The van der Waals surface area contributed by atoms with Gasteiger partial charge in [0.2, 0.25) is 0 Å². The number of H-pyrrole nitrogens is 1. The molecule has 0 aliphatic heterocycles. The molecule has 0 amide bonds. The molecule has 0 saturated heterocycles. The zero-order valence-corrected chi connectivity index (χ0v) is 12.1. The first-order valence-corrected chi connectivity index (χ1v) is 7.46. The zero-order chi connectivity index (χ0) is 13.3. The average molecular weight is 254 g/mol. The van der Waals surface area contributed by atoms with E-state index in [-0.39, 0.29) is 0 Å². The van der Waals surface area contributed by atoms with Crippen molar-refractivity contribution >= 4 is 21.8 Å². The number of fused-ring (bicyclic) bond motifs is 1. The van der Waals surface area contributed by atoms with Crippen LogP contribution in [0.1, 0.15) is 34.6 Å². The predicted molar refractivity (Wildman–Crippen MR) is 75.7 cm³/mol.